The van der Waals surface area contributed by atoms with Gasteiger partial charge >= 0.3 is 0 Å². The van der Waals surface area contributed by atoms with Crippen LogP contribution in [0.3, 0.4) is 0 Å². The van der Waals surface area contributed by atoms with Crippen LogP contribution < -0.4 is 11.1 Å². The van der Waals surface area contributed by atoms with E-state index in [1.807, 2.05) is 36.4 Å². The third-order valence-corrected chi connectivity index (χ3v) is 4.38. The Labute approximate surface area is 156 Å². The number of nitrogens with two attached hydrogens (primary N) is 1. The molecule has 0 aromatic heterocycles. The second kappa shape index (κ2) is 7.46. The summed E-state index contributed by atoms with van der Waals surface area (Å²) >= 11 is 3.53. The number of aliphatic imine (C=N–C) groups is 1. The monoisotopic (exact) mass is 471 g/mol. The summed E-state index contributed by atoms with van der Waals surface area (Å²) in [7, 11) is 0. The average molecular weight is 472 g/mol. The van der Waals surface area contributed by atoms with Gasteiger partial charge in [0.25, 0.3) is 0 Å². The second-order valence-electron chi connectivity index (χ2n) is 5.48. The molecule has 1 saturated carbocycles. The van der Waals surface area contributed by atoms with Gasteiger partial charge in [-0.1, -0.05) is 46.3 Å². The van der Waals surface area contributed by atoms with Gasteiger partial charge in [-0.25, -0.2) is 0 Å². The van der Waals surface area contributed by atoms with Gasteiger partial charge in [-0.05, 0) is 42.7 Å². The molecule has 0 aliphatic heterocycles. The van der Waals surface area contributed by atoms with Crippen molar-refractivity contribution in [3.05, 3.63) is 64.6 Å². The standard InChI is InChI=1S/C17H18BrN3.HI/c18-14-6-4-5-13(11-14)17(9-10-17)12-20-16(19)21-15-7-2-1-3-8-15;/h1-8,11H,9-10,12H2,(H3,19,20,21);1H. The molecule has 0 spiro atoms. The second-order valence-corrected chi connectivity index (χ2v) is 6.40. The summed E-state index contributed by atoms with van der Waals surface area (Å²) in [4.78, 5) is 4.53. The van der Waals surface area contributed by atoms with Crippen molar-refractivity contribution in [3.8, 4) is 0 Å². The van der Waals surface area contributed by atoms with Crippen LogP contribution in [0.5, 0.6) is 0 Å². The molecule has 0 heterocycles. The molecule has 2 aromatic rings. The fourth-order valence-corrected chi connectivity index (χ4v) is 2.85. The van der Waals surface area contributed by atoms with Gasteiger partial charge in [0.05, 0.1) is 6.54 Å². The van der Waals surface area contributed by atoms with Gasteiger partial charge in [0.1, 0.15) is 0 Å². The summed E-state index contributed by atoms with van der Waals surface area (Å²) in [6.07, 6.45) is 2.34. The van der Waals surface area contributed by atoms with E-state index in [2.05, 4.69) is 44.4 Å². The highest BCUT2D eigenvalue weighted by atomic mass is 127. The Kier molecular flexibility index (Phi) is 5.86. The first-order valence-corrected chi connectivity index (χ1v) is 7.85. The third-order valence-electron chi connectivity index (χ3n) is 3.89. The van der Waals surface area contributed by atoms with Crippen molar-refractivity contribution in [2.75, 3.05) is 11.9 Å². The number of halogens is 2. The number of hydrogen-bond acceptors (Lipinski definition) is 1. The van der Waals surface area contributed by atoms with Crippen molar-refractivity contribution >= 4 is 51.6 Å². The maximum Gasteiger partial charge on any atom is 0.193 e. The van der Waals surface area contributed by atoms with Gasteiger partial charge in [0.15, 0.2) is 5.96 Å². The van der Waals surface area contributed by atoms with Crippen molar-refractivity contribution in [2.24, 2.45) is 10.7 Å². The molecule has 0 radical (unpaired) electrons. The minimum atomic E-state index is 0. The van der Waals surface area contributed by atoms with Crippen LogP contribution in [-0.2, 0) is 5.41 Å². The Hall–Kier alpha value is -1.08. The Morgan fingerprint density at radius 2 is 1.86 bits per heavy atom. The number of benzene rings is 2. The molecule has 1 aliphatic carbocycles. The highest BCUT2D eigenvalue weighted by molar-refractivity contribution is 14.0. The molecule has 3 nitrogen and oxygen atoms in total. The first kappa shape index (κ1) is 17.3. The first-order valence-electron chi connectivity index (χ1n) is 7.06. The lowest BCUT2D eigenvalue weighted by molar-refractivity contribution is 0.705. The smallest absolute Gasteiger partial charge is 0.193 e. The van der Waals surface area contributed by atoms with E-state index in [-0.39, 0.29) is 29.4 Å². The van der Waals surface area contributed by atoms with E-state index < -0.39 is 0 Å². The Bertz CT molecular complexity index is 654. The first-order chi connectivity index (χ1) is 10.2. The van der Waals surface area contributed by atoms with Crippen LogP contribution in [0.15, 0.2) is 64.1 Å². The van der Waals surface area contributed by atoms with Crippen molar-refractivity contribution in [2.45, 2.75) is 18.3 Å². The summed E-state index contributed by atoms with van der Waals surface area (Å²) < 4.78 is 1.12. The summed E-state index contributed by atoms with van der Waals surface area (Å²) in [5.41, 5.74) is 8.46. The number of para-hydroxylation sites is 1. The summed E-state index contributed by atoms with van der Waals surface area (Å²) in [6, 6.07) is 18.4. The lowest BCUT2D eigenvalue weighted by Crippen LogP contribution is -2.24. The molecular formula is C17H19BrIN3. The molecule has 1 fully saturated rings. The predicted molar refractivity (Wildman–Crippen MR) is 107 cm³/mol. The minimum Gasteiger partial charge on any atom is -0.370 e. The molecule has 0 amide bonds. The molecule has 5 heteroatoms. The van der Waals surface area contributed by atoms with E-state index in [0.29, 0.717) is 5.96 Å². The topological polar surface area (TPSA) is 50.4 Å². The fourth-order valence-electron chi connectivity index (χ4n) is 2.45. The number of rotatable bonds is 4. The highest BCUT2D eigenvalue weighted by Gasteiger charge is 2.44. The van der Waals surface area contributed by atoms with Gasteiger partial charge in [0.2, 0.25) is 0 Å². The number of anilines is 1. The largest absolute Gasteiger partial charge is 0.370 e. The van der Waals surface area contributed by atoms with Crippen LogP contribution in [0.1, 0.15) is 18.4 Å². The maximum atomic E-state index is 5.98. The summed E-state index contributed by atoms with van der Waals surface area (Å²) in [5, 5.41) is 3.12. The third kappa shape index (κ3) is 4.23. The number of nitrogens with zero attached hydrogens (tertiary/aromatic N) is 1. The van der Waals surface area contributed by atoms with E-state index in [0.717, 1.165) is 16.7 Å². The molecule has 3 N–H and O–H groups in total. The van der Waals surface area contributed by atoms with Crippen molar-refractivity contribution in [3.63, 3.8) is 0 Å². The number of hydrogen-bond donors (Lipinski definition) is 2. The van der Waals surface area contributed by atoms with Gasteiger partial charge in [-0.15, -0.1) is 24.0 Å². The zero-order valence-corrected chi connectivity index (χ0v) is 16.0. The summed E-state index contributed by atoms with van der Waals surface area (Å²) in [6.45, 7) is 0.731. The molecule has 116 valence electrons. The average Bonchev–Trinajstić information content (AvgIpc) is 3.28. The minimum absolute atomic E-state index is 0. The van der Waals surface area contributed by atoms with Gasteiger partial charge in [0, 0.05) is 15.6 Å². The lowest BCUT2D eigenvalue weighted by atomic mass is 9.96. The van der Waals surface area contributed by atoms with Gasteiger partial charge < -0.3 is 11.1 Å². The molecule has 2 aromatic carbocycles. The maximum absolute atomic E-state index is 5.98. The molecule has 1 aliphatic rings. The normalized spacial score (nSPS) is 15.8. The van der Waals surface area contributed by atoms with Crippen LogP contribution in [0.2, 0.25) is 0 Å². The molecule has 0 atom stereocenters. The quantitative estimate of drug-likeness (QED) is 0.391. The SMILES string of the molecule is I.NC(=NCC1(c2cccc(Br)c2)CC1)Nc1ccccc1. The number of nitrogens with one attached hydrogen (secondary N) is 1. The molecule has 0 unspecified atom stereocenters. The van der Waals surface area contributed by atoms with E-state index >= 15 is 0 Å². The zero-order valence-electron chi connectivity index (χ0n) is 12.1. The van der Waals surface area contributed by atoms with Crippen molar-refractivity contribution in [1.29, 1.82) is 0 Å². The van der Waals surface area contributed by atoms with Crippen LogP contribution in [0.4, 0.5) is 5.69 Å². The Morgan fingerprint density at radius 1 is 1.14 bits per heavy atom. The van der Waals surface area contributed by atoms with Gasteiger partial charge in [-0.3, -0.25) is 4.99 Å². The van der Waals surface area contributed by atoms with Crippen molar-refractivity contribution < 1.29 is 0 Å². The van der Waals surface area contributed by atoms with Crippen LogP contribution in [0, 0.1) is 0 Å². The Morgan fingerprint density at radius 3 is 2.50 bits per heavy atom. The van der Waals surface area contributed by atoms with Crippen LogP contribution >= 0.6 is 39.9 Å². The lowest BCUT2D eigenvalue weighted by Gasteiger charge is -2.14. The van der Waals surface area contributed by atoms with E-state index in [1.165, 1.54) is 18.4 Å². The zero-order chi connectivity index (χ0) is 14.7. The highest BCUT2D eigenvalue weighted by Crippen LogP contribution is 2.48. The van der Waals surface area contributed by atoms with E-state index in [9.17, 15) is 0 Å². The van der Waals surface area contributed by atoms with Crippen molar-refractivity contribution in [1.82, 2.24) is 0 Å². The Balaban J connectivity index is 0.00000176. The molecule has 0 bridgehead atoms. The molecule has 0 saturated heterocycles. The fraction of sp³-hybridized carbons (Fsp3) is 0.235. The van der Waals surface area contributed by atoms with Gasteiger partial charge in [-0.2, -0.15) is 0 Å². The molecular weight excluding hydrogens is 453 g/mol. The molecule has 22 heavy (non-hydrogen) atoms. The van der Waals surface area contributed by atoms with E-state index in [1.54, 1.807) is 0 Å². The number of guanidine groups is 1. The summed E-state index contributed by atoms with van der Waals surface area (Å²) in [5.74, 6) is 0.475. The van der Waals surface area contributed by atoms with E-state index in [4.69, 9.17) is 5.73 Å². The molecule has 3 rings (SSSR count). The predicted octanol–water partition coefficient (Wildman–Crippen LogP) is 4.53. The van der Waals surface area contributed by atoms with Crippen LogP contribution in [0.25, 0.3) is 0 Å². The van der Waals surface area contributed by atoms with Crippen LogP contribution in [-0.4, -0.2) is 12.5 Å².